The zero-order chi connectivity index (χ0) is 8.53. The van der Waals surface area contributed by atoms with Gasteiger partial charge in [-0.1, -0.05) is 19.8 Å². The molecular formula is C8H16NO2. The quantitative estimate of drug-likeness (QED) is 0.573. The summed E-state index contributed by atoms with van der Waals surface area (Å²) in [6.07, 6.45) is 2.83. The van der Waals surface area contributed by atoms with E-state index in [1.165, 1.54) is 0 Å². The molecule has 0 heterocycles. The van der Waals surface area contributed by atoms with Gasteiger partial charge in [-0.3, -0.25) is 0 Å². The first-order valence-electron chi connectivity index (χ1n) is 4.15. The van der Waals surface area contributed by atoms with E-state index in [2.05, 4.69) is 17.0 Å². The molecular weight excluding hydrogens is 142 g/mol. The number of unbranched alkanes of at least 4 members (excludes halogenated alkanes) is 2. The van der Waals surface area contributed by atoms with Gasteiger partial charge < -0.3 is 4.74 Å². The molecule has 0 bridgehead atoms. The molecule has 0 saturated carbocycles. The molecule has 0 fully saturated rings. The minimum atomic E-state index is -0.427. The molecule has 3 nitrogen and oxygen atoms in total. The van der Waals surface area contributed by atoms with E-state index in [-0.39, 0.29) is 0 Å². The summed E-state index contributed by atoms with van der Waals surface area (Å²) < 4.78 is 4.62. The number of hydrogen-bond donors (Lipinski definition) is 0. The third kappa shape index (κ3) is 7.16. The van der Waals surface area contributed by atoms with Gasteiger partial charge in [-0.2, -0.15) is 0 Å². The van der Waals surface area contributed by atoms with Crippen molar-refractivity contribution in [2.75, 3.05) is 13.2 Å². The molecule has 0 aliphatic heterocycles. The molecule has 0 unspecified atom stereocenters. The van der Waals surface area contributed by atoms with Crippen molar-refractivity contribution in [2.24, 2.45) is 0 Å². The lowest BCUT2D eigenvalue weighted by atomic mass is 10.2. The molecule has 1 amide bonds. The second-order valence-corrected chi connectivity index (χ2v) is 2.29. The van der Waals surface area contributed by atoms with Crippen LogP contribution in [0, 0.1) is 0 Å². The number of amides is 1. The molecule has 0 aliphatic rings. The Kier molecular flexibility index (Phi) is 6.89. The third-order valence-electron chi connectivity index (χ3n) is 1.27. The highest BCUT2D eigenvalue weighted by molar-refractivity contribution is 5.66. The Morgan fingerprint density at radius 1 is 1.36 bits per heavy atom. The average molecular weight is 158 g/mol. The van der Waals surface area contributed by atoms with Crippen LogP contribution < -0.4 is 5.32 Å². The van der Waals surface area contributed by atoms with Gasteiger partial charge in [0, 0.05) is 6.54 Å². The Balaban J connectivity index is 3.04. The van der Waals surface area contributed by atoms with Gasteiger partial charge in [-0.15, -0.1) is 0 Å². The van der Waals surface area contributed by atoms with Crippen LogP contribution in [0.1, 0.15) is 33.1 Å². The number of nitrogens with zero attached hydrogens (tertiary/aromatic N) is 1. The van der Waals surface area contributed by atoms with Gasteiger partial charge >= 0.3 is 6.09 Å². The zero-order valence-corrected chi connectivity index (χ0v) is 7.30. The number of ether oxygens (including phenoxy) is 1. The Hall–Kier alpha value is -0.730. The standard InChI is InChI=1S/C8H16NO2/c1-3-5-6-7-9-8(10)11-4-2/h3-7H2,1-2H3. The van der Waals surface area contributed by atoms with Crippen molar-refractivity contribution in [3.05, 3.63) is 0 Å². The van der Waals surface area contributed by atoms with Gasteiger partial charge in [-0.25, -0.2) is 10.1 Å². The smallest absolute Gasteiger partial charge is 0.428 e. The number of carbonyl (C=O) groups excluding carboxylic acids is 1. The van der Waals surface area contributed by atoms with Crippen LogP contribution >= 0.6 is 0 Å². The fourth-order valence-corrected chi connectivity index (χ4v) is 0.701. The normalized spacial score (nSPS) is 9.27. The number of carbonyl (C=O) groups is 1. The first-order valence-corrected chi connectivity index (χ1v) is 4.15. The van der Waals surface area contributed by atoms with Crippen LogP contribution in [0.5, 0.6) is 0 Å². The van der Waals surface area contributed by atoms with Crippen LogP contribution in [0.15, 0.2) is 0 Å². The SMILES string of the molecule is CCCCC[N]C(=O)OCC. The lowest BCUT2D eigenvalue weighted by Crippen LogP contribution is -2.17. The Labute approximate surface area is 68.1 Å². The highest BCUT2D eigenvalue weighted by Crippen LogP contribution is 1.92. The van der Waals surface area contributed by atoms with Crippen molar-refractivity contribution in [2.45, 2.75) is 33.1 Å². The van der Waals surface area contributed by atoms with Crippen LogP contribution in [0.4, 0.5) is 4.79 Å². The maximum atomic E-state index is 10.6. The van der Waals surface area contributed by atoms with E-state index in [0.717, 1.165) is 19.3 Å². The summed E-state index contributed by atoms with van der Waals surface area (Å²) in [5, 5.41) is 3.69. The Bertz CT molecular complexity index is 104. The van der Waals surface area contributed by atoms with Gasteiger partial charge in [0.2, 0.25) is 0 Å². The van der Waals surface area contributed by atoms with E-state index in [4.69, 9.17) is 0 Å². The molecule has 0 aromatic heterocycles. The average Bonchev–Trinajstić information content (AvgIpc) is 1.99. The van der Waals surface area contributed by atoms with E-state index in [1.807, 2.05) is 0 Å². The van der Waals surface area contributed by atoms with Crippen molar-refractivity contribution in [3.8, 4) is 0 Å². The van der Waals surface area contributed by atoms with Crippen LogP contribution in [0.2, 0.25) is 0 Å². The lowest BCUT2D eigenvalue weighted by Gasteiger charge is -2.00. The van der Waals surface area contributed by atoms with Crippen molar-refractivity contribution in [1.82, 2.24) is 5.32 Å². The molecule has 1 radical (unpaired) electrons. The fourth-order valence-electron chi connectivity index (χ4n) is 0.701. The fraction of sp³-hybridized carbons (Fsp3) is 0.875. The van der Waals surface area contributed by atoms with Crippen molar-refractivity contribution < 1.29 is 9.53 Å². The van der Waals surface area contributed by atoms with Crippen molar-refractivity contribution in [1.29, 1.82) is 0 Å². The van der Waals surface area contributed by atoms with E-state index in [0.29, 0.717) is 13.2 Å². The van der Waals surface area contributed by atoms with Crippen LogP contribution in [0.25, 0.3) is 0 Å². The van der Waals surface area contributed by atoms with Crippen LogP contribution in [0.3, 0.4) is 0 Å². The van der Waals surface area contributed by atoms with Crippen LogP contribution in [-0.4, -0.2) is 19.2 Å². The highest BCUT2D eigenvalue weighted by atomic mass is 16.5. The molecule has 0 N–H and O–H groups in total. The number of hydrogen-bond acceptors (Lipinski definition) is 2. The van der Waals surface area contributed by atoms with Crippen molar-refractivity contribution in [3.63, 3.8) is 0 Å². The largest absolute Gasteiger partial charge is 0.448 e. The summed E-state index contributed by atoms with van der Waals surface area (Å²) in [4.78, 5) is 10.6. The summed E-state index contributed by atoms with van der Waals surface area (Å²) >= 11 is 0. The monoisotopic (exact) mass is 158 g/mol. The molecule has 0 saturated heterocycles. The highest BCUT2D eigenvalue weighted by Gasteiger charge is 1.99. The van der Waals surface area contributed by atoms with Gasteiger partial charge in [0.15, 0.2) is 0 Å². The summed E-state index contributed by atoms with van der Waals surface area (Å²) in [5.74, 6) is 0. The molecule has 0 rings (SSSR count). The third-order valence-corrected chi connectivity index (χ3v) is 1.27. The van der Waals surface area contributed by atoms with E-state index in [9.17, 15) is 4.79 Å². The first-order chi connectivity index (χ1) is 5.31. The molecule has 0 aromatic carbocycles. The van der Waals surface area contributed by atoms with E-state index >= 15 is 0 Å². The minimum Gasteiger partial charge on any atom is -0.448 e. The van der Waals surface area contributed by atoms with Gasteiger partial charge in [-0.05, 0) is 13.3 Å². The number of rotatable bonds is 5. The summed E-state index contributed by atoms with van der Waals surface area (Å²) in [6.45, 7) is 4.91. The maximum absolute atomic E-state index is 10.6. The van der Waals surface area contributed by atoms with Crippen molar-refractivity contribution >= 4 is 6.09 Å². The Morgan fingerprint density at radius 3 is 2.64 bits per heavy atom. The predicted molar refractivity (Wildman–Crippen MR) is 43.5 cm³/mol. The predicted octanol–water partition coefficient (Wildman–Crippen LogP) is 1.94. The van der Waals surface area contributed by atoms with Gasteiger partial charge in [0.1, 0.15) is 0 Å². The summed E-state index contributed by atoms with van der Waals surface area (Å²) in [5.41, 5.74) is 0. The topological polar surface area (TPSA) is 40.4 Å². The summed E-state index contributed by atoms with van der Waals surface area (Å²) in [6, 6.07) is 0. The molecule has 0 aromatic rings. The second-order valence-electron chi connectivity index (χ2n) is 2.29. The molecule has 3 heteroatoms. The second kappa shape index (κ2) is 7.38. The molecule has 0 atom stereocenters. The van der Waals surface area contributed by atoms with Gasteiger partial charge in [0.25, 0.3) is 0 Å². The Morgan fingerprint density at radius 2 is 2.09 bits per heavy atom. The van der Waals surface area contributed by atoms with Crippen LogP contribution in [-0.2, 0) is 4.74 Å². The lowest BCUT2D eigenvalue weighted by molar-refractivity contribution is 0.151. The maximum Gasteiger partial charge on any atom is 0.428 e. The zero-order valence-electron chi connectivity index (χ0n) is 7.30. The first kappa shape index (κ1) is 10.3. The minimum absolute atomic E-state index is 0.413. The molecule has 0 aliphatic carbocycles. The molecule has 65 valence electrons. The summed E-state index contributed by atoms with van der Waals surface area (Å²) in [7, 11) is 0. The van der Waals surface area contributed by atoms with E-state index < -0.39 is 6.09 Å². The molecule has 11 heavy (non-hydrogen) atoms. The van der Waals surface area contributed by atoms with E-state index in [1.54, 1.807) is 6.92 Å². The molecule has 0 spiro atoms. The van der Waals surface area contributed by atoms with Gasteiger partial charge in [0.05, 0.1) is 6.61 Å².